The number of benzene rings is 2. The summed E-state index contributed by atoms with van der Waals surface area (Å²) >= 11 is 0. The van der Waals surface area contributed by atoms with Crippen molar-refractivity contribution in [1.82, 2.24) is 16.1 Å². The summed E-state index contributed by atoms with van der Waals surface area (Å²) in [5, 5.41) is 41.8. The van der Waals surface area contributed by atoms with Gasteiger partial charge in [-0.15, -0.1) is 0 Å². The average molecular weight is 466 g/mol. The Labute approximate surface area is 197 Å². The van der Waals surface area contributed by atoms with Gasteiger partial charge in [0.2, 0.25) is 0 Å². The smallest absolute Gasteiger partial charge is 0.268 e. The van der Waals surface area contributed by atoms with Gasteiger partial charge in [0.1, 0.15) is 6.04 Å². The molecule has 0 saturated carbocycles. The molecule has 2 aromatic rings. The van der Waals surface area contributed by atoms with E-state index < -0.39 is 30.1 Å². The minimum atomic E-state index is -1.29. The van der Waals surface area contributed by atoms with E-state index in [1.807, 2.05) is 24.3 Å². The van der Waals surface area contributed by atoms with Crippen LogP contribution in [-0.2, 0) is 11.3 Å². The van der Waals surface area contributed by atoms with E-state index in [1.165, 1.54) is 24.5 Å². The zero-order valence-electron chi connectivity index (χ0n) is 18.6. The molecule has 2 aromatic carbocycles. The molecule has 178 valence electrons. The van der Waals surface area contributed by atoms with Crippen molar-refractivity contribution in [2.24, 2.45) is 0 Å². The Hall–Kier alpha value is -3.70. The summed E-state index contributed by atoms with van der Waals surface area (Å²) in [6, 6.07) is 12.5. The molecule has 9 nitrogen and oxygen atoms in total. The van der Waals surface area contributed by atoms with E-state index >= 15 is 0 Å². The average Bonchev–Trinajstić information content (AvgIpc) is 2.85. The minimum Gasteiger partial charge on any atom is -0.394 e. The van der Waals surface area contributed by atoms with Gasteiger partial charge in [0.15, 0.2) is 0 Å². The first-order valence-corrected chi connectivity index (χ1v) is 10.5. The first-order chi connectivity index (χ1) is 16.3. The fourth-order valence-electron chi connectivity index (χ4n) is 2.76. The second kappa shape index (κ2) is 13.8. The van der Waals surface area contributed by atoms with Crippen LogP contribution >= 0.6 is 0 Å². The Kier molecular flexibility index (Phi) is 10.7. The Morgan fingerprint density at radius 3 is 2.00 bits per heavy atom. The van der Waals surface area contributed by atoms with Crippen LogP contribution in [0.5, 0.6) is 0 Å². The molecule has 7 N–H and O–H groups in total. The predicted octanol–water partition coefficient (Wildman–Crippen LogP) is -0.483. The molecule has 0 aliphatic carbocycles. The highest BCUT2D eigenvalue weighted by molar-refractivity contribution is 5.97. The van der Waals surface area contributed by atoms with Crippen molar-refractivity contribution in [3.63, 3.8) is 0 Å². The van der Waals surface area contributed by atoms with E-state index in [0.717, 1.165) is 11.1 Å². The minimum absolute atomic E-state index is 0.258. The third-order valence-electron chi connectivity index (χ3n) is 4.66. The van der Waals surface area contributed by atoms with Crippen molar-refractivity contribution in [3.05, 3.63) is 70.8 Å². The summed E-state index contributed by atoms with van der Waals surface area (Å²) in [4.78, 5) is 23.8. The number of aliphatic hydroxyl groups is 3. The van der Waals surface area contributed by atoms with Crippen LogP contribution in [-0.4, -0.2) is 63.7 Å². The number of aliphatic hydroxyl groups excluding tert-OH is 3. The first kappa shape index (κ1) is 26.6. The van der Waals surface area contributed by atoms with Crippen LogP contribution in [0.3, 0.4) is 0 Å². The largest absolute Gasteiger partial charge is 0.394 e. The molecular formula is C25H27N3O6. The van der Waals surface area contributed by atoms with Crippen LogP contribution in [0.4, 0.5) is 0 Å². The van der Waals surface area contributed by atoms with Gasteiger partial charge in [0.25, 0.3) is 11.8 Å². The van der Waals surface area contributed by atoms with Gasteiger partial charge in [0.05, 0.1) is 18.8 Å². The van der Waals surface area contributed by atoms with Crippen molar-refractivity contribution in [2.45, 2.75) is 31.7 Å². The van der Waals surface area contributed by atoms with Crippen molar-refractivity contribution in [3.8, 4) is 23.7 Å². The van der Waals surface area contributed by atoms with Crippen molar-refractivity contribution in [2.75, 3.05) is 13.2 Å². The van der Waals surface area contributed by atoms with Gasteiger partial charge in [-0.2, -0.15) is 0 Å². The molecule has 2 amide bonds. The highest BCUT2D eigenvalue weighted by Crippen LogP contribution is 2.05. The number of carbonyl (C=O) groups excluding carboxylic acids is 2. The molecule has 0 spiro atoms. The molecule has 0 fully saturated rings. The number of hydrogen-bond acceptors (Lipinski definition) is 7. The van der Waals surface area contributed by atoms with Crippen LogP contribution in [0.15, 0.2) is 48.5 Å². The lowest BCUT2D eigenvalue weighted by Crippen LogP contribution is -2.51. The maximum atomic E-state index is 12.3. The van der Waals surface area contributed by atoms with Crippen LogP contribution in [0.1, 0.15) is 34.0 Å². The predicted molar refractivity (Wildman–Crippen MR) is 124 cm³/mol. The number of nitrogens with one attached hydrogen (secondary N) is 3. The van der Waals surface area contributed by atoms with Gasteiger partial charge < -0.3 is 26.0 Å². The van der Waals surface area contributed by atoms with Gasteiger partial charge in [-0.3, -0.25) is 14.8 Å². The van der Waals surface area contributed by atoms with Crippen LogP contribution in [0.25, 0.3) is 0 Å². The second-order valence-electron chi connectivity index (χ2n) is 7.41. The molecule has 34 heavy (non-hydrogen) atoms. The molecule has 0 aromatic heterocycles. The maximum Gasteiger partial charge on any atom is 0.268 e. The molecule has 2 rings (SSSR count). The third kappa shape index (κ3) is 8.68. The summed E-state index contributed by atoms with van der Waals surface area (Å²) in [6.07, 6.45) is -1.97. The number of rotatable bonds is 9. The van der Waals surface area contributed by atoms with E-state index in [1.54, 1.807) is 12.1 Å². The lowest BCUT2D eigenvalue weighted by atomic mass is 10.1. The molecule has 3 unspecified atom stereocenters. The summed E-state index contributed by atoms with van der Waals surface area (Å²) < 4.78 is 0. The Bertz CT molecular complexity index is 1080. The van der Waals surface area contributed by atoms with Crippen LogP contribution in [0.2, 0.25) is 0 Å². The first-order valence-electron chi connectivity index (χ1n) is 10.5. The molecular weight excluding hydrogens is 438 g/mol. The highest BCUT2D eigenvalue weighted by atomic mass is 16.5. The Balaban J connectivity index is 1.92. The topological polar surface area (TPSA) is 151 Å². The van der Waals surface area contributed by atoms with E-state index in [2.05, 4.69) is 34.3 Å². The molecule has 0 heterocycles. The molecule has 0 bridgehead atoms. The lowest BCUT2D eigenvalue weighted by molar-refractivity contribution is -0.133. The van der Waals surface area contributed by atoms with Crippen molar-refractivity contribution < 1.29 is 30.1 Å². The van der Waals surface area contributed by atoms with E-state index in [-0.39, 0.29) is 12.2 Å². The number of hydroxylamine groups is 1. The van der Waals surface area contributed by atoms with Gasteiger partial charge in [-0.1, -0.05) is 24.0 Å². The fraction of sp³-hybridized carbons (Fsp3) is 0.280. The summed E-state index contributed by atoms with van der Waals surface area (Å²) in [5.41, 5.74) is 4.11. The van der Waals surface area contributed by atoms with Crippen LogP contribution < -0.4 is 16.1 Å². The highest BCUT2D eigenvalue weighted by Gasteiger charge is 2.25. The van der Waals surface area contributed by atoms with Gasteiger partial charge in [-0.25, -0.2) is 5.48 Å². The number of carbonyl (C=O) groups is 2. The van der Waals surface area contributed by atoms with Gasteiger partial charge >= 0.3 is 0 Å². The monoisotopic (exact) mass is 465 g/mol. The van der Waals surface area contributed by atoms with Crippen molar-refractivity contribution in [1.29, 1.82) is 0 Å². The second-order valence-corrected chi connectivity index (χ2v) is 7.41. The number of hydrogen-bond donors (Lipinski definition) is 7. The molecule has 0 radical (unpaired) electrons. The molecule has 0 aliphatic rings. The normalized spacial score (nSPS) is 12.7. The van der Waals surface area contributed by atoms with Gasteiger partial charge in [0, 0.05) is 29.8 Å². The summed E-state index contributed by atoms with van der Waals surface area (Å²) in [6.45, 7) is 1.91. The molecule has 0 aliphatic heterocycles. The zero-order valence-corrected chi connectivity index (χ0v) is 18.6. The van der Waals surface area contributed by atoms with E-state index in [4.69, 9.17) is 10.3 Å². The number of amides is 2. The Morgan fingerprint density at radius 1 is 0.941 bits per heavy atom. The third-order valence-corrected chi connectivity index (χ3v) is 4.66. The quantitative estimate of drug-likeness (QED) is 0.150. The summed E-state index contributed by atoms with van der Waals surface area (Å²) in [5.74, 6) is 9.82. The van der Waals surface area contributed by atoms with Crippen molar-refractivity contribution >= 4 is 11.8 Å². The van der Waals surface area contributed by atoms with Crippen LogP contribution in [0, 0.1) is 23.7 Å². The fourth-order valence-corrected chi connectivity index (χ4v) is 2.76. The van der Waals surface area contributed by atoms with E-state index in [0.29, 0.717) is 18.7 Å². The maximum absolute atomic E-state index is 12.3. The SMILES string of the molecule is CC(O)C(NC(=O)c1ccc(C#CC#Cc2ccc(CNCC(O)CO)cc2)cc1)C(=O)NO. The Morgan fingerprint density at radius 2 is 1.50 bits per heavy atom. The molecule has 9 heteroatoms. The van der Waals surface area contributed by atoms with E-state index in [9.17, 15) is 19.8 Å². The zero-order chi connectivity index (χ0) is 24.9. The standard InChI is InChI=1S/C25H27N3O6/c1-17(30)23(25(33)28-34)27-24(32)21-12-10-19(11-13-21)5-3-2-4-18-6-8-20(9-7-18)14-26-15-22(31)16-29/h6-13,17,22-23,26,29-31,34H,14-16H2,1H3,(H,27,32)(H,28,33). The molecule has 3 atom stereocenters. The molecule has 0 saturated heterocycles. The van der Waals surface area contributed by atoms with Gasteiger partial charge in [-0.05, 0) is 60.7 Å². The lowest BCUT2D eigenvalue weighted by Gasteiger charge is -2.19. The summed E-state index contributed by atoms with van der Waals surface area (Å²) in [7, 11) is 0.